The van der Waals surface area contributed by atoms with E-state index in [0.717, 1.165) is 23.5 Å². The molecule has 1 fully saturated rings. The Morgan fingerprint density at radius 1 is 1.32 bits per heavy atom. The van der Waals surface area contributed by atoms with Crippen molar-refractivity contribution in [3.63, 3.8) is 0 Å². The van der Waals surface area contributed by atoms with Crippen LogP contribution < -0.4 is 4.90 Å². The number of hydrogen-bond donors (Lipinski definition) is 0. The zero-order valence-corrected chi connectivity index (χ0v) is 12.4. The highest BCUT2D eigenvalue weighted by molar-refractivity contribution is 6.03. The molecule has 7 heteroatoms. The predicted molar refractivity (Wildman–Crippen MR) is 75.4 cm³/mol. The molecular weight excluding hydrogens is 297 g/mol. The fourth-order valence-corrected chi connectivity index (χ4v) is 2.41. The number of hydrogen-bond acceptors (Lipinski definition) is 2. The maximum absolute atomic E-state index is 12.5. The Labute approximate surface area is 126 Å². The topological polar surface area (TPSA) is 40.6 Å². The van der Waals surface area contributed by atoms with Gasteiger partial charge in [-0.2, -0.15) is 13.2 Å². The summed E-state index contributed by atoms with van der Waals surface area (Å²) >= 11 is 0. The average Bonchev–Trinajstić information content (AvgIpc) is 2.86. The summed E-state index contributed by atoms with van der Waals surface area (Å²) in [5.41, 5.74) is -0.467. The lowest BCUT2D eigenvalue weighted by Gasteiger charge is -2.23. The number of amides is 3. The lowest BCUT2D eigenvalue weighted by Crippen LogP contribution is -2.42. The van der Waals surface area contributed by atoms with Gasteiger partial charge in [0.1, 0.15) is 0 Å². The van der Waals surface area contributed by atoms with Crippen LogP contribution in [0.2, 0.25) is 0 Å². The monoisotopic (exact) mass is 314 g/mol. The quantitative estimate of drug-likeness (QED) is 0.838. The summed E-state index contributed by atoms with van der Waals surface area (Å²) < 4.78 is 37.6. The number of nitrogens with zero attached hydrogens (tertiary/aromatic N) is 2. The van der Waals surface area contributed by atoms with Gasteiger partial charge in [0.15, 0.2) is 0 Å². The van der Waals surface area contributed by atoms with E-state index in [1.807, 2.05) is 6.92 Å². The number of carbonyl (C=O) groups excluding carboxylic acids is 2. The van der Waals surface area contributed by atoms with Crippen molar-refractivity contribution in [3.8, 4) is 0 Å². The number of alkyl halides is 3. The molecule has 3 amide bonds. The first-order valence-corrected chi connectivity index (χ1v) is 6.99. The summed E-state index contributed by atoms with van der Waals surface area (Å²) in [4.78, 5) is 26.5. The minimum Gasteiger partial charge on any atom is -0.297 e. The van der Waals surface area contributed by atoms with Gasteiger partial charge in [0.2, 0.25) is 5.91 Å². The molecule has 1 atom stereocenters. The first-order valence-electron chi connectivity index (χ1n) is 6.99. The van der Waals surface area contributed by atoms with Gasteiger partial charge in [-0.15, -0.1) is 0 Å². The molecule has 120 valence electrons. The highest BCUT2D eigenvalue weighted by Crippen LogP contribution is 2.31. The molecule has 1 aliphatic rings. The Morgan fingerprint density at radius 3 is 2.36 bits per heavy atom. The molecule has 1 saturated heterocycles. The summed E-state index contributed by atoms with van der Waals surface area (Å²) in [7, 11) is 1.44. The molecule has 0 saturated carbocycles. The Balaban J connectivity index is 2.12. The first-order chi connectivity index (χ1) is 10.2. The lowest BCUT2D eigenvalue weighted by atomic mass is 10.1. The Morgan fingerprint density at radius 2 is 1.91 bits per heavy atom. The molecule has 0 aliphatic carbocycles. The molecular formula is C15H17F3N2O2. The van der Waals surface area contributed by atoms with E-state index in [1.165, 1.54) is 24.1 Å². The zero-order chi connectivity index (χ0) is 16.5. The second-order valence-electron chi connectivity index (χ2n) is 5.37. The summed E-state index contributed by atoms with van der Waals surface area (Å²) in [6, 6.07) is 3.76. The average molecular weight is 314 g/mol. The maximum atomic E-state index is 12.5. The van der Waals surface area contributed by atoms with E-state index >= 15 is 0 Å². The largest absolute Gasteiger partial charge is 0.416 e. The summed E-state index contributed by atoms with van der Waals surface area (Å²) in [5, 5.41) is 0. The van der Waals surface area contributed by atoms with Crippen molar-refractivity contribution in [2.24, 2.45) is 5.92 Å². The molecule has 0 radical (unpaired) electrons. The van der Waals surface area contributed by atoms with E-state index in [0.29, 0.717) is 18.7 Å². The maximum Gasteiger partial charge on any atom is 0.416 e. The number of anilines is 1. The molecule has 1 unspecified atom stereocenters. The Bertz CT molecular complexity index is 569. The number of imide groups is 1. The second kappa shape index (κ2) is 5.98. The van der Waals surface area contributed by atoms with Crippen molar-refractivity contribution >= 4 is 17.6 Å². The van der Waals surface area contributed by atoms with Gasteiger partial charge in [-0.25, -0.2) is 4.79 Å². The molecule has 0 aromatic heterocycles. The van der Waals surface area contributed by atoms with Crippen molar-refractivity contribution in [1.82, 2.24) is 4.90 Å². The van der Waals surface area contributed by atoms with Crippen molar-refractivity contribution < 1.29 is 22.8 Å². The van der Waals surface area contributed by atoms with Crippen LogP contribution in [0.5, 0.6) is 0 Å². The number of likely N-dealkylation sites (tertiary alicyclic amines) is 1. The van der Waals surface area contributed by atoms with Gasteiger partial charge < -0.3 is 0 Å². The van der Waals surface area contributed by atoms with Gasteiger partial charge in [-0.1, -0.05) is 13.3 Å². The van der Waals surface area contributed by atoms with Gasteiger partial charge in [-0.3, -0.25) is 14.6 Å². The molecule has 2 rings (SSSR count). The minimum atomic E-state index is -4.42. The molecule has 1 aromatic carbocycles. The summed E-state index contributed by atoms with van der Waals surface area (Å²) in [5.74, 6) is -0.0898. The SMILES string of the molecule is CCC1CC(=O)N(C(=O)N(C)c2ccc(C(F)(F)F)cc2)C1. The molecule has 0 bridgehead atoms. The number of halogens is 3. The van der Waals surface area contributed by atoms with Crippen LogP contribution in [0.25, 0.3) is 0 Å². The fourth-order valence-electron chi connectivity index (χ4n) is 2.41. The van der Waals surface area contributed by atoms with Crippen LogP contribution in [-0.4, -0.2) is 30.4 Å². The Kier molecular flexibility index (Phi) is 4.44. The number of rotatable bonds is 2. The smallest absolute Gasteiger partial charge is 0.297 e. The van der Waals surface area contributed by atoms with Crippen LogP contribution in [0.15, 0.2) is 24.3 Å². The van der Waals surface area contributed by atoms with Gasteiger partial charge in [0.25, 0.3) is 0 Å². The predicted octanol–water partition coefficient (Wildman–Crippen LogP) is 3.52. The van der Waals surface area contributed by atoms with Crippen LogP contribution in [0.1, 0.15) is 25.3 Å². The highest BCUT2D eigenvalue weighted by Gasteiger charge is 2.35. The van der Waals surface area contributed by atoms with Gasteiger partial charge >= 0.3 is 12.2 Å². The summed E-state index contributed by atoms with van der Waals surface area (Å²) in [6.45, 7) is 2.31. The normalized spacial score (nSPS) is 18.7. The summed E-state index contributed by atoms with van der Waals surface area (Å²) in [6.07, 6.45) is -3.27. The molecule has 4 nitrogen and oxygen atoms in total. The third-order valence-electron chi connectivity index (χ3n) is 3.88. The molecule has 1 heterocycles. The van der Waals surface area contributed by atoms with Gasteiger partial charge in [0.05, 0.1) is 5.56 Å². The fraction of sp³-hybridized carbons (Fsp3) is 0.467. The van der Waals surface area contributed by atoms with Crippen LogP contribution in [0, 0.1) is 5.92 Å². The standard InChI is InChI=1S/C15H17F3N2O2/c1-3-10-8-13(21)20(9-10)14(22)19(2)12-6-4-11(5-7-12)15(16,17)18/h4-7,10H,3,8-9H2,1-2H3. The van der Waals surface area contributed by atoms with Crippen LogP contribution in [-0.2, 0) is 11.0 Å². The van der Waals surface area contributed by atoms with Crippen LogP contribution in [0.4, 0.5) is 23.7 Å². The van der Waals surface area contributed by atoms with Crippen LogP contribution >= 0.6 is 0 Å². The molecule has 0 N–H and O–H groups in total. The van der Waals surface area contributed by atoms with Crippen molar-refractivity contribution in [3.05, 3.63) is 29.8 Å². The molecule has 0 spiro atoms. The van der Waals surface area contributed by atoms with Gasteiger partial charge in [0, 0.05) is 25.7 Å². The van der Waals surface area contributed by atoms with E-state index in [1.54, 1.807) is 0 Å². The number of carbonyl (C=O) groups is 2. The van der Waals surface area contributed by atoms with Crippen molar-refractivity contribution in [2.75, 3.05) is 18.5 Å². The molecule has 22 heavy (non-hydrogen) atoms. The Hall–Kier alpha value is -2.05. The van der Waals surface area contributed by atoms with Crippen molar-refractivity contribution in [1.29, 1.82) is 0 Å². The van der Waals surface area contributed by atoms with Crippen LogP contribution in [0.3, 0.4) is 0 Å². The zero-order valence-electron chi connectivity index (χ0n) is 12.4. The van der Waals surface area contributed by atoms with Gasteiger partial charge in [-0.05, 0) is 30.2 Å². The third kappa shape index (κ3) is 3.23. The third-order valence-corrected chi connectivity index (χ3v) is 3.88. The van der Waals surface area contributed by atoms with E-state index < -0.39 is 17.8 Å². The molecule has 1 aliphatic heterocycles. The van der Waals surface area contributed by atoms with E-state index in [-0.39, 0.29) is 11.8 Å². The van der Waals surface area contributed by atoms with E-state index in [4.69, 9.17) is 0 Å². The molecule has 1 aromatic rings. The van der Waals surface area contributed by atoms with Crippen molar-refractivity contribution in [2.45, 2.75) is 25.9 Å². The lowest BCUT2D eigenvalue weighted by molar-refractivity contribution is -0.137. The second-order valence-corrected chi connectivity index (χ2v) is 5.37. The minimum absolute atomic E-state index is 0.150. The van der Waals surface area contributed by atoms with E-state index in [9.17, 15) is 22.8 Å². The number of benzene rings is 1. The highest BCUT2D eigenvalue weighted by atomic mass is 19.4. The van der Waals surface area contributed by atoms with E-state index in [2.05, 4.69) is 0 Å². The first kappa shape index (κ1) is 16.3. The number of urea groups is 1.